The number of carboxylic acid groups (broad SMARTS) is 1. The van der Waals surface area contributed by atoms with Gasteiger partial charge in [-0.3, -0.25) is 5.43 Å². The van der Waals surface area contributed by atoms with Crippen molar-refractivity contribution in [3.05, 3.63) is 64.8 Å². The molecule has 0 spiro atoms. The molecule has 0 atom stereocenters. The van der Waals surface area contributed by atoms with Gasteiger partial charge >= 0.3 is 5.97 Å². The molecule has 0 bridgehead atoms. The molecule has 0 aliphatic heterocycles. The summed E-state index contributed by atoms with van der Waals surface area (Å²) < 4.78 is 14.1. The molecule has 0 aliphatic carbocycles. The Labute approximate surface area is 146 Å². The highest BCUT2D eigenvalue weighted by Gasteiger charge is 2.09. The maximum absolute atomic E-state index is 14.1. The molecular formula is C17H13FN4O2S. The quantitative estimate of drug-likeness (QED) is 0.478. The number of nitrogens with two attached hydrogens (primary N) is 1. The first kappa shape index (κ1) is 16.6. The number of aromatic nitrogens is 1. The summed E-state index contributed by atoms with van der Waals surface area (Å²) in [5.41, 5.74) is 9.99. The second-order valence-corrected chi connectivity index (χ2v) is 5.93. The van der Waals surface area contributed by atoms with Gasteiger partial charge in [0.1, 0.15) is 11.6 Å². The third-order valence-corrected chi connectivity index (χ3v) is 4.10. The number of benzene rings is 2. The minimum absolute atomic E-state index is 0.0844. The van der Waals surface area contributed by atoms with Crippen molar-refractivity contribution >= 4 is 34.5 Å². The molecule has 8 heteroatoms. The number of hydrazone groups is 1. The predicted octanol–water partition coefficient (Wildman–Crippen LogP) is 3.68. The summed E-state index contributed by atoms with van der Waals surface area (Å²) in [6, 6.07) is 10.9. The Morgan fingerprint density at radius 1 is 1.28 bits per heavy atom. The van der Waals surface area contributed by atoms with Gasteiger partial charge in [-0.05, 0) is 23.3 Å². The van der Waals surface area contributed by atoms with Crippen LogP contribution < -0.4 is 11.2 Å². The highest BCUT2D eigenvalue weighted by atomic mass is 32.1. The fraction of sp³-hybridized carbons (Fsp3) is 0. The van der Waals surface area contributed by atoms with E-state index in [0.29, 0.717) is 22.1 Å². The molecule has 0 amide bonds. The summed E-state index contributed by atoms with van der Waals surface area (Å²) in [6.45, 7) is 0. The number of nitrogens with zero attached hydrogens (tertiary/aromatic N) is 2. The van der Waals surface area contributed by atoms with E-state index in [0.717, 1.165) is 11.6 Å². The van der Waals surface area contributed by atoms with E-state index >= 15 is 0 Å². The lowest BCUT2D eigenvalue weighted by atomic mass is 10.0. The number of hydrogen-bond acceptors (Lipinski definition) is 6. The predicted molar refractivity (Wildman–Crippen MR) is 96.5 cm³/mol. The molecule has 4 N–H and O–H groups in total. The monoisotopic (exact) mass is 356 g/mol. The first-order chi connectivity index (χ1) is 12.0. The van der Waals surface area contributed by atoms with Crippen molar-refractivity contribution in [3.8, 4) is 11.1 Å². The van der Waals surface area contributed by atoms with Crippen molar-refractivity contribution in [2.45, 2.75) is 0 Å². The van der Waals surface area contributed by atoms with Crippen LogP contribution in [0, 0.1) is 5.82 Å². The number of nitrogen functional groups attached to an aromatic ring is 1. The van der Waals surface area contributed by atoms with Crippen molar-refractivity contribution in [1.82, 2.24) is 4.98 Å². The van der Waals surface area contributed by atoms with Crippen LogP contribution in [0.4, 0.5) is 15.3 Å². The topological polar surface area (TPSA) is 101 Å². The smallest absolute Gasteiger partial charge is 0.335 e. The molecule has 0 radical (unpaired) electrons. The third-order valence-electron chi connectivity index (χ3n) is 3.33. The molecular weight excluding hydrogens is 343 g/mol. The number of halogens is 1. The van der Waals surface area contributed by atoms with Gasteiger partial charge in [-0.1, -0.05) is 30.3 Å². The first-order valence-corrected chi connectivity index (χ1v) is 8.04. The van der Waals surface area contributed by atoms with Gasteiger partial charge in [-0.2, -0.15) is 5.10 Å². The number of thiazole rings is 1. The molecule has 0 saturated carbocycles. The van der Waals surface area contributed by atoms with Crippen molar-refractivity contribution in [1.29, 1.82) is 0 Å². The van der Waals surface area contributed by atoms with Crippen LogP contribution in [0.1, 0.15) is 15.9 Å². The largest absolute Gasteiger partial charge is 0.478 e. The second kappa shape index (κ2) is 7.10. The summed E-state index contributed by atoms with van der Waals surface area (Å²) >= 11 is 1.34. The Morgan fingerprint density at radius 2 is 2.04 bits per heavy atom. The molecule has 1 heterocycles. The number of rotatable bonds is 5. The second-order valence-electron chi connectivity index (χ2n) is 5.07. The van der Waals surface area contributed by atoms with Gasteiger partial charge in [-0.25, -0.2) is 14.2 Å². The summed E-state index contributed by atoms with van der Waals surface area (Å²) in [4.78, 5) is 14.9. The number of aromatic carboxylic acids is 1. The van der Waals surface area contributed by atoms with E-state index in [-0.39, 0.29) is 5.56 Å². The van der Waals surface area contributed by atoms with Gasteiger partial charge in [0, 0.05) is 10.9 Å². The van der Waals surface area contributed by atoms with Crippen LogP contribution in [0.25, 0.3) is 11.1 Å². The van der Waals surface area contributed by atoms with Crippen LogP contribution in [0.2, 0.25) is 0 Å². The van der Waals surface area contributed by atoms with Crippen LogP contribution in [-0.2, 0) is 0 Å². The van der Waals surface area contributed by atoms with E-state index in [1.165, 1.54) is 23.5 Å². The van der Waals surface area contributed by atoms with Crippen molar-refractivity contribution in [2.75, 3.05) is 11.2 Å². The molecule has 3 rings (SSSR count). The van der Waals surface area contributed by atoms with Gasteiger partial charge in [0.05, 0.1) is 11.8 Å². The van der Waals surface area contributed by atoms with Gasteiger partial charge in [0.2, 0.25) is 5.13 Å². The lowest BCUT2D eigenvalue weighted by Crippen LogP contribution is -1.97. The third kappa shape index (κ3) is 3.99. The Hall–Kier alpha value is -3.26. The van der Waals surface area contributed by atoms with Gasteiger partial charge < -0.3 is 10.8 Å². The molecule has 2 aromatic carbocycles. The van der Waals surface area contributed by atoms with E-state index in [9.17, 15) is 9.18 Å². The van der Waals surface area contributed by atoms with E-state index in [1.807, 2.05) is 0 Å². The number of carboxylic acids is 1. The minimum Gasteiger partial charge on any atom is -0.478 e. The van der Waals surface area contributed by atoms with E-state index in [2.05, 4.69) is 15.5 Å². The zero-order valence-electron chi connectivity index (χ0n) is 12.8. The number of carbonyl (C=O) groups is 1. The lowest BCUT2D eigenvalue weighted by Gasteiger charge is -2.05. The first-order valence-electron chi connectivity index (χ1n) is 7.16. The Morgan fingerprint density at radius 3 is 2.64 bits per heavy atom. The fourth-order valence-corrected chi connectivity index (χ4v) is 2.68. The normalized spacial score (nSPS) is 10.9. The van der Waals surface area contributed by atoms with Crippen LogP contribution in [0.3, 0.4) is 0 Å². The van der Waals surface area contributed by atoms with Crippen LogP contribution in [0.15, 0.2) is 52.9 Å². The number of hydrogen-bond donors (Lipinski definition) is 3. The van der Waals surface area contributed by atoms with Gasteiger partial charge in [-0.15, -0.1) is 11.3 Å². The molecule has 126 valence electrons. The summed E-state index contributed by atoms with van der Waals surface area (Å²) in [6.07, 6.45) is 1.60. The average Bonchev–Trinajstić information content (AvgIpc) is 3.01. The number of anilines is 2. The van der Waals surface area contributed by atoms with Gasteiger partial charge in [0.25, 0.3) is 0 Å². The van der Waals surface area contributed by atoms with Crippen molar-refractivity contribution < 1.29 is 14.3 Å². The standard InChI is InChI=1S/C17H13FN4O2S/c18-14-7-12(16(23)24)5-6-13(14)11-3-1-10(2-4-11)8-20-22-17-21-15(19)9-25-17/h1-9H,19H2,(H,21,22)(H,23,24). The van der Waals surface area contributed by atoms with Crippen LogP contribution in [-0.4, -0.2) is 22.3 Å². The molecule has 0 aliphatic rings. The zero-order chi connectivity index (χ0) is 17.8. The number of nitrogens with one attached hydrogen (secondary N) is 1. The molecule has 0 saturated heterocycles. The molecule has 0 fully saturated rings. The Balaban J connectivity index is 1.72. The SMILES string of the molecule is Nc1csc(NN=Cc2ccc(-c3ccc(C(=O)O)cc3F)cc2)n1. The van der Waals surface area contributed by atoms with E-state index < -0.39 is 11.8 Å². The minimum atomic E-state index is -1.16. The highest BCUT2D eigenvalue weighted by Crippen LogP contribution is 2.24. The maximum Gasteiger partial charge on any atom is 0.335 e. The van der Waals surface area contributed by atoms with Gasteiger partial charge in [0.15, 0.2) is 0 Å². The molecule has 6 nitrogen and oxygen atoms in total. The Kier molecular flexibility index (Phi) is 4.71. The molecule has 0 unspecified atom stereocenters. The fourth-order valence-electron chi connectivity index (χ4n) is 2.13. The summed E-state index contributed by atoms with van der Waals surface area (Å²) in [7, 11) is 0. The van der Waals surface area contributed by atoms with E-state index in [1.54, 1.807) is 35.9 Å². The maximum atomic E-state index is 14.1. The zero-order valence-corrected chi connectivity index (χ0v) is 13.6. The Bertz CT molecular complexity index is 938. The summed E-state index contributed by atoms with van der Waals surface area (Å²) in [5, 5.41) is 15.2. The van der Waals surface area contributed by atoms with E-state index in [4.69, 9.17) is 10.8 Å². The summed E-state index contributed by atoms with van der Waals surface area (Å²) in [5.74, 6) is -1.31. The molecule has 25 heavy (non-hydrogen) atoms. The highest BCUT2D eigenvalue weighted by molar-refractivity contribution is 7.14. The van der Waals surface area contributed by atoms with Crippen LogP contribution >= 0.6 is 11.3 Å². The molecule has 3 aromatic rings. The van der Waals surface area contributed by atoms with Crippen LogP contribution in [0.5, 0.6) is 0 Å². The lowest BCUT2D eigenvalue weighted by molar-refractivity contribution is 0.0696. The van der Waals surface area contributed by atoms with Crippen molar-refractivity contribution in [3.63, 3.8) is 0 Å². The molecule has 1 aromatic heterocycles. The van der Waals surface area contributed by atoms with Crippen molar-refractivity contribution in [2.24, 2.45) is 5.10 Å². The average molecular weight is 356 g/mol.